The van der Waals surface area contributed by atoms with Crippen molar-refractivity contribution in [1.82, 2.24) is 15.0 Å². The van der Waals surface area contributed by atoms with Gasteiger partial charge in [0.25, 0.3) is 0 Å². The van der Waals surface area contributed by atoms with E-state index in [1.165, 1.54) is 0 Å². The zero-order valence-electron chi connectivity index (χ0n) is 7.85. The van der Waals surface area contributed by atoms with Gasteiger partial charge in [-0.05, 0) is 32.1 Å². The maximum Gasteiger partial charge on any atom is 0.0830 e. The summed E-state index contributed by atoms with van der Waals surface area (Å²) in [6.07, 6.45) is 4.81. The van der Waals surface area contributed by atoms with Gasteiger partial charge >= 0.3 is 0 Å². The lowest BCUT2D eigenvalue weighted by atomic mass is 9.79. The number of hydrogen-bond acceptors (Lipinski definition) is 3. The molecule has 0 bridgehead atoms. The van der Waals surface area contributed by atoms with Crippen LogP contribution in [0.4, 0.5) is 0 Å². The van der Waals surface area contributed by atoms with Gasteiger partial charge in [-0.15, -0.1) is 5.10 Å². The van der Waals surface area contributed by atoms with E-state index < -0.39 is 0 Å². The zero-order chi connectivity index (χ0) is 9.26. The predicted molar refractivity (Wildman–Crippen MR) is 48.1 cm³/mol. The van der Waals surface area contributed by atoms with Gasteiger partial charge < -0.3 is 5.11 Å². The van der Waals surface area contributed by atoms with Crippen molar-refractivity contribution in [2.75, 3.05) is 0 Å². The van der Waals surface area contributed by atoms with Gasteiger partial charge in [0.2, 0.25) is 0 Å². The Kier molecular flexibility index (Phi) is 2.31. The molecule has 0 spiro atoms. The Morgan fingerprint density at radius 2 is 2.46 bits per heavy atom. The molecule has 1 fully saturated rings. The van der Waals surface area contributed by atoms with E-state index in [0.717, 1.165) is 31.5 Å². The van der Waals surface area contributed by atoms with E-state index in [1.807, 2.05) is 17.8 Å². The lowest BCUT2D eigenvalue weighted by Crippen LogP contribution is -2.32. The van der Waals surface area contributed by atoms with E-state index in [1.54, 1.807) is 0 Å². The van der Waals surface area contributed by atoms with Crippen molar-refractivity contribution in [2.45, 2.75) is 38.8 Å². The normalized spacial score (nSPS) is 27.2. The number of aliphatic hydroxyl groups excluding tert-OH is 1. The predicted octanol–water partition coefficient (Wildman–Crippen LogP) is 0.611. The number of aromatic nitrogens is 3. The lowest BCUT2D eigenvalue weighted by Gasteiger charge is -2.31. The molecule has 1 heterocycles. The second-order valence-electron chi connectivity index (χ2n) is 3.67. The second-order valence-corrected chi connectivity index (χ2v) is 3.67. The van der Waals surface area contributed by atoms with Crippen LogP contribution >= 0.6 is 0 Å². The minimum absolute atomic E-state index is 0.105. The summed E-state index contributed by atoms with van der Waals surface area (Å²) in [4.78, 5) is 0. The van der Waals surface area contributed by atoms with Crippen LogP contribution in [0.15, 0.2) is 6.20 Å². The van der Waals surface area contributed by atoms with Gasteiger partial charge in [-0.2, -0.15) is 0 Å². The molecule has 0 amide bonds. The fourth-order valence-electron chi connectivity index (χ4n) is 1.64. The topological polar surface area (TPSA) is 50.9 Å². The van der Waals surface area contributed by atoms with Crippen LogP contribution in [0.1, 0.15) is 25.5 Å². The van der Waals surface area contributed by atoms with Crippen molar-refractivity contribution in [3.05, 3.63) is 11.9 Å². The Labute approximate surface area is 77.6 Å². The van der Waals surface area contributed by atoms with Crippen LogP contribution in [-0.2, 0) is 13.0 Å². The molecule has 4 nitrogen and oxygen atoms in total. The third kappa shape index (κ3) is 1.72. The molecule has 1 saturated carbocycles. The maximum absolute atomic E-state index is 9.38. The molecule has 1 aromatic heterocycles. The van der Waals surface area contributed by atoms with Crippen molar-refractivity contribution >= 4 is 0 Å². The first kappa shape index (κ1) is 8.69. The third-order valence-electron chi connectivity index (χ3n) is 2.76. The highest BCUT2D eigenvalue weighted by molar-refractivity contribution is 4.98. The van der Waals surface area contributed by atoms with E-state index in [-0.39, 0.29) is 6.10 Å². The number of rotatable bonds is 3. The number of hydrogen-bond donors (Lipinski definition) is 1. The van der Waals surface area contributed by atoms with Crippen molar-refractivity contribution in [3.63, 3.8) is 0 Å². The van der Waals surface area contributed by atoms with Crippen LogP contribution in [0.2, 0.25) is 0 Å². The Hall–Kier alpha value is -0.900. The fourth-order valence-corrected chi connectivity index (χ4v) is 1.64. The van der Waals surface area contributed by atoms with E-state index in [0.29, 0.717) is 5.92 Å². The molecule has 0 aliphatic heterocycles. The van der Waals surface area contributed by atoms with E-state index >= 15 is 0 Å². The van der Waals surface area contributed by atoms with Crippen LogP contribution in [0.5, 0.6) is 0 Å². The number of aryl methyl sites for hydroxylation is 1. The Balaban J connectivity index is 1.93. The van der Waals surface area contributed by atoms with Gasteiger partial charge in [-0.25, -0.2) is 0 Å². The monoisotopic (exact) mass is 181 g/mol. The second kappa shape index (κ2) is 3.46. The quantitative estimate of drug-likeness (QED) is 0.743. The Morgan fingerprint density at radius 1 is 1.62 bits per heavy atom. The van der Waals surface area contributed by atoms with Crippen molar-refractivity contribution in [1.29, 1.82) is 0 Å². The first-order chi connectivity index (χ1) is 6.29. The first-order valence-electron chi connectivity index (χ1n) is 4.86. The molecule has 13 heavy (non-hydrogen) atoms. The van der Waals surface area contributed by atoms with Crippen molar-refractivity contribution in [3.8, 4) is 0 Å². The summed E-state index contributed by atoms with van der Waals surface area (Å²) in [6.45, 7) is 2.90. The Morgan fingerprint density at radius 3 is 2.92 bits per heavy atom. The molecule has 72 valence electrons. The van der Waals surface area contributed by atoms with Crippen molar-refractivity contribution in [2.24, 2.45) is 5.92 Å². The van der Waals surface area contributed by atoms with Crippen LogP contribution < -0.4 is 0 Å². The average Bonchev–Trinajstić information content (AvgIpc) is 2.59. The van der Waals surface area contributed by atoms with Gasteiger partial charge in [0, 0.05) is 12.7 Å². The summed E-state index contributed by atoms with van der Waals surface area (Å²) in [6, 6.07) is 0. The third-order valence-corrected chi connectivity index (χ3v) is 2.76. The minimum atomic E-state index is -0.105. The van der Waals surface area contributed by atoms with Crippen LogP contribution in [-0.4, -0.2) is 26.2 Å². The highest BCUT2D eigenvalue weighted by atomic mass is 16.3. The SMILES string of the molecule is CCn1cc(CC2CCC2O)nn1. The standard InChI is InChI=1S/C9H15N3O/c1-2-12-6-8(10-11-12)5-7-3-4-9(7)13/h6-7,9,13H,2-5H2,1H3. The van der Waals surface area contributed by atoms with Gasteiger partial charge in [0.05, 0.1) is 11.8 Å². The molecule has 0 saturated heterocycles. The molecule has 4 heteroatoms. The van der Waals surface area contributed by atoms with Gasteiger partial charge in [-0.1, -0.05) is 5.21 Å². The molecular formula is C9H15N3O. The number of nitrogens with zero attached hydrogens (tertiary/aromatic N) is 3. The van der Waals surface area contributed by atoms with Crippen LogP contribution in [0.25, 0.3) is 0 Å². The summed E-state index contributed by atoms with van der Waals surface area (Å²) < 4.78 is 1.82. The summed E-state index contributed by atoms with van der Waals surface area (Å²) in [5, 5.41) is 17.4. The largest absolute Gasteiger partial charge is 0.393 e. The highest BCUT2D eigenvalue weighted by Crippen LogP contribution is 2.29. The van der Waals surface area contributed by atoms with Gasteiger partial charge in [0.15, 0.2) is 0 Å². The summed E-state index contributed by atoms with van der Waals surface area (Å²) >= 11 is 0. The van der Waals surface area contributed by atoms with Crippen LogP contribution in [0, 0.1) is 5.92 Å². The fraction of sp³-hybridized carbons (Fsp3) is 0.778. The first-order valence-corrected chi connectivity index (χ1v) is 4.86. The molecular weight excluding hydrogens is 166 g/mol. The van der Waals surface area contributed by atoms with E-state index in [9.17, 15) is 5.11 Å². The molecule has 2 rings (SSSR count). The van der Waals surface area contributed by atoms with Crippen molar-refractivity contribution < 1.29 is 5.11 Å². The van der Waals surface area contributed by atoms with Crippen LogP contribution in [0.3, 0.4) is 0 Å². The maximum atomic E-state index is 9.38. The van der Waals surface area contributed by atoms with Gasteiger partial charge in [0.1, 0.15) is 0 Å². The smallest absolute Gasteiger partial charge is 0.0830 e. The molecule has 0 aromatic carbocycles. The zero-order valence-corrected chi connectivity index (χ0v) is 7.85. The number of aliphatic hydroxyl groups is 1. The summed E-state index contributed by atoms with van der Waals surface area (Å²) in [5.74, 6) is 0.419. The molecule has 2 atom stereocenters. The molecule has 1 aliphatic rings. The highest BCUT2D eigenvalue weighted by Gasteiger charge is 2.29. The molecule has 1 N–H and O–H groups in total. The summed E-state index contributed by atoms with van der Waals surface area (Å²) in [5.41, 5.74) is 1.01. The van der Waals surface area contributed by atoms with E-state index in [4.69, 9.17) is 0 Å². The average molecular weight is 181 g/mol. The molecule has 2 unspecified atom stereocenters. The molecule has 1 aromatic rings. The Bertz CT molecular complexity index is 284. The minimum Gasteiger partial charge on any atom is -0.393 e. The van der Waals surface area contributed by atoms with E-state index in [2.05, 4.69) is 10.3 Å². The molecule has 1 aliphatic carbocycles. The summed E-state index contributed by atoms with van der Waals surface area (Å²) in [7, 11) is 0. The lowest BCUT2D eigenvalue weighted by molar-refractivity contribution is 0.0239. The molecule has 0 radical (unpaired) electrons. The van der Waals surface area contributed by atoms with Gasteiger partial charge in [-0.3, -0.25) is 4.68 Å².